The van der Waals surface area contributed by atoms with Crippen LogP contribution in [-0.4, -0.2) is 96.8 Å². The van der Waals surface area contributed by atoms with Crippen LogP contribution in [0, 0.1) is 29.4 Å². The first kappa shape index (κ1) is 40.8. The van der Waals surface area contributed by atoms with E-state index in [-0.39, 0.29) is 92.7 Å². The Bertz CT molecular complexity index is 2480. The predicted molar refractivity (Wildman–Crippen MR) is 216 cm³/mol. The number of hydrogen-bond acceptors (Lipinski definition) is 12. The standard InChI is InChI=1S/C44H46F4N6O7/c1-6-29-31(45)10-7-25-17-28(58-23-56-5)18-30(32(25)29)33-35(46)36-34(38-37(33)60-51-61-38)40(53-19-26-8-9-27(20-53)54(26)42(55)59-43(2,3)4)50-41(49-36)57-22-44(13-14-44)21-52-15-11-24(12-16-52)39(47)48/h1,7,10,17-18,26-27,51H,8-9,11-16,19-23H2,2-5H3/t26-,27+. The number of hydrogen-bond donors (Lipinski definition) is 1. The molecule has 1 aliphatic carbocycles. The minimum Gasteiger partial charge on any atom is -0.468 e. The second-order valence-corrected chi connectivity index (χ2v) is 17.5. The summed E-state index contributed by atoms with van der Waals surface area (Å²) in [4.78, 5) is 40.7. The van der Waals surface area contributed by atoms with Gasteiger partial charge >= 0.3 is 12.1 Å². The molecule has 5 aliphatic rings. The van der Waals surface area contributed by atoms with Gasteiger partial charge in [0.25, 0.3) is 6.08 Å². The number of nitrogens with one attached hydrogen (secondary N) is 1. The van der Waals surface area contributed by atoms with Crippen molar-refractivity contribution in [1.82, 2.24) is 25.4 Å². The van der Waals surface area contributed by atoms with E-state index in [0.29, 0.717) is 56.8 Å². The van der Waals surface area contributed by atoms with Gasteiger partial charge in [-0.3, -0.25) is 4.90 Å². The first-order valence-corrected chi connectivity index (χ1v) is 20.4. The molecule has 1 saturated carbocycles. The molecule has 4 aromatic rings. The minimum absolute atomic E-state index is 0.0552. The number of aromatic nitrogens is 2. The third kappa shape index (κ3) is 7.70. The van der Waals surface area contributed by atoms with E-state index in [1.54, 1.807) is 11.0 Å². The van der Waals surface area contributed by atoms with Gasteiger partial charge in [0.2, 0.25) is 11.5 Å². The van der Waals surface area contributed by atoms with Crippen LogP contribution >= 0.6 is 0 Å². The molecular weight excluding hydrogens is 801 g/mol. The van der Waals surface area contributed by atoms with Gasteiger partial charge in [-0.15, -0.1) is 6.42 Å². The molecule has 0 radical (unpaired) electrons. The van der Waals surface area contributed by atoms with Crippen LogP contribution in [0.3, 0.4) is 0 Å². The van der Waals surface area contributed by atoms with E-state index in [1.807, 2.05) is 25.7 Å². The van der Waals surface area contributed by atoms with Crippen LogP contribution in [0.15, 0.2) is 35.9 Å². The van der Waals surface area contributed by atoms with Gasteiger partial charge in [-0.05, 0) is 88.5 Å². The third-order valence-electron chi connectivity index (χ3n) is 12.2. The van der Waals surface area contributed by atoms with E-state index in [0.717, 1.165) is 25.7 Å². The van der Waals surface area contributed by atoms with Crippen molar-refractivity contribution in [2.24, 2.45) is 5.41 Å². The number of benzene rings is 3. The highest BCUT2D eigenvalue weighted by atomic mass is 19.3. The number of amides is 1. The topological polar surface area (TPSA) is 120 Å². The Morgan fingerprint density at radius 2 is 1.74 bits per heavy atom. The van der Waals surface area contributed by atoms with Gasteiger partial charge in [0, 0.05) is 61.8 Å². The number of carbonyl (C=O) groups excluding carboxylic acids is 1. The SMILES string of the molecule is C#Cc1c(F)ccc2cc(OCOC)cc(-c3c4c(c5c(N6C[C@H]7CC[C@@H](C6)N7C(=O)OC(C)(C)C)nc(OCC6(CN7CCC(=C(F)F)CC7)CC6)nc5c3F)ONO4)c12. The fraction of sp³-hybridized carbons (Fsp3) is 0.477. The van der Waals surface area contributed by atoms with Crippen molar-refractivity contribution < 1.29 is 51.0 Å². The second kappa shape index (κ2) is 15.7. The summed E-state index contributed by atoms with van der Waals surface area (Å²) in [6, 6.07) is 5.39. The summed E-state index contributed by atoms with van der Waals surface area (Å²) in [5.41, 5.74) is 1.44. The maximum absolute atomic E-state index is 17.9. The highest BCUT2D eigenvalue weighted by Gasteiger charge is 2.47. The zero-order valence-corrected chi connectivity index (χ0v) is 34.3. The third-order valence-corrected chi connectivity index (χ3v) is 12.2. The van der Waals surface area contributed by atoms with E-state index >= 15 is 8.78 Å². The molecule has 4 fully saturated rings. The van der Waals surface area contributed by atoms with E-state index < -0.39 is 29.4 Å². The molecule has 13 nitrogen and oxygen atoms in total. The van der Waals surface area contributed by atoms with Crippen LogP contribution < -0.4 is 29.7 Å². The molecule has 1 N–H and O–H groups in total. The zero-order chi connectivity index (χ0) is 42.8. The minimum atomic E-state index is -1.59. The average Bonchev–Trinajstić information content (AvgIpc) is 3.71. The van der Waals surface area contributed by atoms with Crippen molar-refractivity contribution in [3.8, 4) is 46.7 Å². The summed E-state index contributed by atoms with van der Waals surface area (Å²) < 4.78 is 83.0. The maximum Gasteiger partial charge on any atom is 0.410 e. The van der Waals surface area contributed by atoms with E-state index in [1.165, 1.54) is 25.3 Å². The molecule has 2 bridgehead atoms. The Hall–Kier alpha value is -5.57. The first-order valence-electron chi connectivity index (χ1n) is 20.4. The van der Waals surface area contributed by atoms with Crippen molar-refractivity contribution in [2.45, 2.75) is 77.0 Å². The summed E-state index contributed by atoms with van der Waals surface area (Å²) in [5, 5.41) is 0.889. The number of fused-ring (bicyclic) bond motifs is 6. The number of likely N-dealkylation sites (tertiary alicyclic amines) is 1. The van der Waals surface area contributed by atoms with E-state index in [4.69, 9.17) is 45.0 Å². The molecule has 3 saturated heterocycles. The number of ether oxygens (including phenoxy) is 4. The molecule has 4 aliphatic heterocycles. The number of terminal acetylenes is 1. The Kier molecular flexibility index (Phi) is 10.5. The summed E-state index contributed by atoms with van der Waals surface area (Å²) in [6.07, 6.45) is 7.67. The fourth-order valence-corrected chi connectivity index (χ4v) is 9.11. The molecule has 322 valence electrons. The number of piperazine rings is 1. The van der Waals surface area contributed by atoms with Gasteiger partial charge in [-0.1, -0.05) is 12.0 Å². The molecule has 0 spiro atoms. The van der Waals surface area contributed by atoms with Crippen LogP contribution in [0.4, 0.5) is 28.2 Å². The molecular formula is C44H46F4N6O7. The van der Waals surface area contributed by atoms with Crippen LogP contribution in [0.5, 0.6) is 23.3 Å². The number of anilines is 1. The fourth-order valence-electron chi connectivity index (χ4n) is 9.11. The number of rotatable bonds is 10. The van der Waals surface area contributed by atoms with Gasteiger partial charge in [0.15, 0.2) is 12.6 Å². The number of nitrogens with zero attached hydrogens (tertiary/aromatic N) is 5. The maximum atomic E-state index is 17.9. The van der Waals surface area contributed by atoms with Gasteiger partial charge in [-0.25, -0.2) is 13.6 Å². The number of halogens is 4. The normalized spacial score (nSPS) is 20.6. The molecule has 9 rings (SSSR count). The second-order valence-electron chi connectivity index (χ2n) is 17.5. The lowest BCUT2D eigenvalue weighted by molar-refractivity contribution is 0.0122. The van der Waals surface area contributed by atoms with Gasteiger partial charge in [0.05, 0.1) is 35.2 Å². The summed E-state index contributed by atoms with van der Waals surface area (Å²) in [5.74, 6) is 1.52. The highest BCUT2D eigenvalue weighted by Crippen LogP contribution is 2.53. The van der Waals surface area contributed by atoms with Gasteiger partial charge in [0.1, 0.15) is 28.5 Å². The van der Waals surface area contributed by atoms with Gasteiger partial charge < -0.3 is 38.4 Å². The zero-order valence-electron chi connectivity index (χ0n) is 34.3. The van der Waals surface area contributed by atoms with E-state index in [9.17, 15) is 13.6 Å². The van der Waals surface area contributed by atoms with Crippen molar-refractivity contribution in [1.29, 1.82) is 0 Å². The molecule has 1 aromatic heterocycles. The molecule has 17 heteroatoms. The van der Waals surface area contributed by atoms with Crippen molar-refractivity contribution in [3.05, 3.63) is 53.1 Å². The number of piperidine rings is 1. The molecule has 3 aromatic carbocycles. The number of carbonyl (C=O) groups is 1. The molecule has 2 atom stereocenters. The Morgan fingerprint density at radius 3 is 2.39 bits per heavy atom. The monoisotopic (exact) mass is 846 g/mol. The van der Waals surface area contributed by atoms with Crippen LogP contribution in [0.2, 0.25) is 0 Å². The quantitative estimate of drug-likeness (QED) is 0.0951. The molecule has 5 heterocycles. The Labute approximate surface area is 349 Å². The number of methoxy groups -OCH3 is 1. The van der Waals surface area contributed by atoms with Crippen LogP contribution in [-0.2, 0) is 9.47 Å². The first-order chi connectivity index (χ1) is 29.3. The Morgan fingerprint density at radius 1 is 1.02 bits per heavy atom. The molecule has 1 amide bonds. The van der Waals surface area contributed by atoms with Crippen molar-refractivity contribution >= 4 is 33.6 Å². The Balaban J connectivity index is 1.16. The molecule has 61 heavy (non-hydrogen) atoms. The average molecular weight is 847 g/mol. The van der Waals surface area contributed by atoms with Crippen LogP contribution in [0.25, 0.3) is 32.8 Å². The van der Waals surface area contributed by atoms with Crippen molar-refractivity contribution in [2.75, 3.05) is 58.1 Å². The lowest BCUT2D eigenvalue weighted by atomic mass is 9.92. The summed E-state index contributed by atoms with van der Waals surface area (Å²) in [7, 11) is 1.46. The molecule has 0 unspecified atom stereocenters. The van der Waals surface area contributed by atoms with Crippen LogP contribution in [0.1, 0.15) is 64.9 Å². The summed E-state index contributed by atoms with van der Waals surface area (Å²) >= 11 is 0. The predicted octanol–water partition coefficient (Wildman–Crippen LogP) is 7.88. The van der Waals surface area contributed by atoms with Crippen molar-refractivity contribution in [3.63, 3.8) is 0 Å². The lowest BCUT2D eigenvalue weighted by Gasteiger charge is -2.42. The largest absolute Gasteiger partial charge is 0.468 e. The lowest BCUT2D eigenvalue weighted by Crippen LogP contribution is -2.57. The van der Waals surface area contributed by atoms with E-state index in [2.05, 4.69) is 16.5 Å². The summed E-state index contributed by atoms with van der Waals surface area (Å²) in [6.45, 7) is 7.95. The highest BCUT2D eigenvalue weighted by molar-refractivity contribution is 6.08. The smallest absolute Gasteiger partial charge is 0.410 e. The van der Waals surface area contributed by atoms with Gasteiger partial charge in [-0.2, -0.15) is 18.7 Å².